The molecule has 1 aliphatic heterocycles. The van der Waals surface area contributed by atoms with Gasteiger partial charge in [-0.15, -0.1) is 12.4 Å². The van der Waals surface area contributed by atoms with E-state index in [4.69, 9.17) is 0 Å². The van der Waals surface area contributed by atoms with Gasteiger partial charge in [-0.2, -0.15) is 5.26 Å². The number of benzene rings is 2. The Kier molecular flexibility index (Phi) is 4.65. The van der Waals surface area contributed by atoms with E-state index in [1.165, 1.54) is 16.3 Å². The molecule has 0 amide bonds. The zero-order chi connectivity index (χ0) is 13.1. The van der Waals surface area contributed by atoms with Crippen molar-refractivity contribution in [3.8, 4) is 6.07 Å². The third kappa shape index (κ3) is 2.80. The minimum Gasteiger partial charge on any atom is -0.317 e. The van der Waals surface area contributed by atoms with Crippen molar-refractivity contribution < 1.29 is 0 Å². The van der Waals surface area contributed by atoms with Gasteiger partial charge in [0.05, 0.1) is 11.5 Å². The molecule has 0 aromatic heterocycles. The van der Waals surface area contributed by atoms with Crippen molar-refractivity contribution in [2.45, 2.75) is 19.3 Å². The molecule has 1 heterocycles. The highest BCUT2D eigenvalue weighted by Gasteiger charge is 2.32. The van der Waals surface area contributed by atoms with Gasteiger partial charge >= 0.3 is 0 Å². The smallest absolute Gasteiger partial charge is 0.0694 e. The lowest BCUT2D eigenvalue weighted by Gasteiger charge is -2.31. The van der Waals surface area contributed by atoms with Gasteiger partial charge in [-0.3, -0.25) is 0 Å². The van der Waals surface area contributed by atoms with Crippen molar-refractivity contribution in [2.24, 2.45) is 5.41 Å². The van der Waals surface area contributed by atoms with E-state index in [0.717, 1.165) is 32.4 Å². The molecule has 0 aliphatic carbocycles. The summed E-state index contributed by atoms with van der Waals surface area (Å²) in [5.41, 5.74) is 1.12. The molecule has 0 spiro atoms. The van der Waals surface area contributed by atoms with Crippen LogP contribution in [0.5, 0.6) is 0 Å². The highest BCUT2D eigenvalue weighted by molar-refractivity contribution is 5.86. The van der Waals surface area contributed by atoms with Crippen molar-refractivity contribution in [1.82, 2.24) is 5.32 Å². The second kappa shape index (κ2) is 6.26. The summed E-state index contributed by atoms with van der Waals surface area (Å²) in [5, 5.41) is 15.5. The van der Waals surface area contributed by atoms with Crippen molar-refractivity contribution in [3.63, 3.8) is 0 Å². The molecule has 2 aromatic rings. The predicted molar refractivity (Wildman–Crippen MR) is 85.0 cm³/mol. The van der Waals surface area contributed by atoms with Gasteiger partial charge in [0.15, 0.2) is 0 Å². The van der Waals surface area contributed by atoms with Crippen molar-refractivity contribution in [2.75, 3.05) is 13.1 Å². The van der Waals surface area contributed by atoms with Crippen molar-refractivity contribution in [3.05, 3.63) is 48.0 Å². The molecule has 1 fully saturated rings. The van der Waals surface area contributed by atoms with Crippen LogP contribution in [-0.2, 0) is 6.42 Å². The Bertz CT molecular complexity index is 619. The number of hydrogen-bond acceptors (Lipinski definition) is 2. The Morgan fingerprint density at radius 3 is 2.50 bits per heavy atom. The highest BCUT2D eigenvalue weighted by Crippen LogP contribution is 2.34. The summed E-state index contributed by atoms with van der Waals surface area (Å²) in [6, 6.07) is 17.4. The number of halogens is 1. The number of fused-ring (bicyclic) bond motifs is 1. The molecule has 0 radical (unpaired) electrons. The van der Waals surface area contributed by atoms with Crippen LogP contribution in [0.15, 0.2) is 42.5 Å². The Morgan fingerprint density at radius 2 is 1.75 bits per heavy atom. The van der Waals surface area contributed by atoms with Gasteiger partial charge in [0.1, 0.15) is 0 Å². The summed E-state index contributed by atoms with van der Waals surface area (Å²) in [7, 11) is 0. The molecule has 0 saturated carbocycles. The Hall–Kier alpha value is -1.56. The molecule has 3 heteroatoms. The molecule has 3 rings (SSSR count). The van der Waals surface area contributed by atoms with Crippen LogP contribution in [-0.4, -0.2) is 13.1 Å². The van der Waals surface area contributed by atoms with Crippen LogP contribution in [0.4, 0.5) is 0 Å². The van der Waals surface area contributed by atoms with E-state index in [1.54, 1.807) is 0 Å². The van der Waals surface area contributed by atoms with E-state index in [-0.39, 0.29) is 17.8 Å². The van der Waals surface area contributed by atoms with E-state index in [2.05, 4.69) is 53.9 Å². The first-order valence-corrected chi connectivity index (χ1v) is 6.92. The molecule has 20 heavy (non-hydrogen) atoms. The van der Waals surface area contributed by atoms with Gasteiger partial charge in [-0.1, -0.05) is 42.5 Å². The molecule has 2 aromatic carbocycles. The third-order valence-electron chi connectivity index (χ3n) is 4.21. The molecule has 0 unspecified atom stereocenters. The van der Waals surface area contributed by atoms with Gasteiger partial charge < -0.3 is 5.32 Å². The van der Waals surface area contributed by atoms with Crippen LogP contribution < -0.4 is 5.32 Å². The Balaban J connectivity index is 0.00000147. The fourth-order valence-electron chi connectivity index (χ4n) is 3.04. The van der Waals surface area contributed by atoms with E-state index < -0.39 is 0 Å². The number of nitriles is 1. The van der Waals surface area contributed by atoms with Crippen LogP contribution in [0.2, 0.25) is 0 Å². The third-order valence-corrected chi connectivity index (χ3v) is 4.21. The summed E-state index contributed by atoms with van der Waals surface area (Å²) >= 11 is 0. The number of nitrogens with one attached hydrogen (secondary N) is 1. The SMILES string of the molecule is Cl.N#CC1(Cc2cccc3ccccc23)CCNCC1. The topological polar surface area (TPSA) is 35.8 Å². The lowest BCUT2D eigenvalue weighted by Crippen LogP contribution is -2.37. The second-order valence-corrected chi connectivity index (χ2v) is 5.46. The van der Waals surface area contributed by atoms with Crippen LogP contribution in [0.25, 0.3) is 10.8 Å². The van der Waals surface area contributed by atoms with E-state index in [0.29, 0.717) is 0 Å². The fourth-order valence-corrected chi connectivity index (χ4v) is 3.04. The number of rotatable bonds is 2. The van der Waals surface area contributed by atoms with Crippen LogP contribution in [0.1, 0.15) is 18.4 Å². The standard InChI is InChI=1S/C17H18N2.ClH/c18-13-17(8-10-19-11-9-17)12-15-6-3-5-14-4-1-2-7-16(14)15;/h1-7,19H,8-12H2;1H. The molecular formula is C17H19ClN2. The summed E-state index contributed by atoms with van der Waals surface area (Å²) < 4.78 is 0. The first kappa shape index (κ1) is 14.8. The molecule has 104 valence electrons. The van der Waals surface area contributed by atoms with Gasteiger partial charge in [-0.25, -0.2) is 0 Å². The van der Waals surface area contributed by atoms with Crippen LogP contribution in [0, 0.1) is 16.7 Å². The molecule has 1 saturated heterocycles. The van der Waals surface area contributed by atoms with E-state index in [9.17, 15) is 5.26 Å². The van der Waals surface area contributed by atoms with Crippen LogP contribution in [0.3, 0.4) is 0 Å². The number of hydrogen-bond donors (Lipinski definition) is 1. The maximum Gasteiger partial charge on any atom is 0.0694 e. The first-order chi connectivity index (χ1) is 9.33. The summed E-state index contributed by atoms with van der Waals surface area (Å²) in [6.07, 6.45) is 2.77. The van der Waals surface area contributed by atoms with E-state index in [1.807, 2.05) is 0 Å². The molecule has 0 atom stereocenters. The molecule has 2 nitrogen and oxygen atoms in total. The zero-order valence-electron chi connectivity index (χ0n) is 11.4. The minimum atomic E-state index is -0.185. The number of nitrogens with zero attached hydrogens (tertiary/aromatic N) is 1. The fraction of sp³-hybridized carbons (Fsp3) is 0.353. The molecule has 1 aliphatic rings. The molecular weight excluding hydrogens is 268 g/mol. The summed E-state index contributed by atoms with van der Waals surface area (Å²) in [5.74, 6) is 0. The van der Waals surface area contributed by atoms with Gasteiger partial charge in [-0.05, 0) is 48.7 Å². The maximum atomic E-state index is 9.60. The monoisotopic (exact) mass is 286 g/mol. The lowest BCUT2D eigenvalue weighted by atomic mass is 9.75. The second-order valence-electron chi connectivity index (χ2n) is 5.46. The zero-order valence-corrected chi connectivity index (χ0v) is 12.2. The largest absolute Gasteiger partial charge is 0.317 e. The molecule has 0 bridgehead atoms. The minimum absolute atomic E-state index is 0. The van der Waals surface area contributed by atoms with Crippen molar-refractivity contribution >= 4 is 23.2 Å². The average molecular weight is 287 g/mol. The summed E-state index contributed by atoms with van der Waals surface area (Å²) in [6.45, 7) is 1.91. The highest BCUT2D eigenvalue weighted by atomic mass is 35.5. The van der Waals surface area contributed by atoms with Gasteiger partial charge in [0.2, 0.25) is 0 Å². The Labute approximate surface area is 126 Å². The van der Waals surface area contributed by atoms with Crippen LogP contribution >= 0.6 is 12.4 Å². The maximum absolute atomic E-state index is 9.60. The average Bonchev–Trinajstić information content (AvgIpc) is 2.49. The lowest BCUT2D eigenvalue weighted by molar-refractivity contribution is 0.281. The van der Waals surface area contributed by atoms with E-state index >= 15 is 0 Å². The quantitative estimate of drug-likeness (QED) is 0.914. The van der Waals surface area contributed by atoms with Gasteiger partial charge in [0.25, 0.3) is 0 Å². The normalized spacial score (nSPS) is 17.1. The predicted octanol–water partition coefficient (Wildman–Crippen LogP) is 3.70. The van der Waals surface area contributed by atoms with Crippen molar-refractivity contribution in [1.29, 1.82) is 5.26 Å². The number of piperidine rings is 1. The first-order valence-electron chi connectivity index (χ1n) is 6.92. The Morgan fingerprint density at radius 1 is 1.05 bits per heavy atom. The molecule has 1 N–H and O–H groups in total. The van der Waals surface area contributed by atoms with Gasteiger partial charge in [0, 0.05) is 0 Å². The summed E-state index contributed by atoms with van der Waals surface area (Å²) in [4.78, 5) is 0.